The fourth-order valence-electron chi connectivity index (χ4n) is 2.52. The summed E-state index contributed by atoms with van der Waals surface area (Å²) >= 11 is 0. The molecular formula is C19H16N4O2. The first-order chi connectivity index (χ1) is 12.3. The predicted molar refractivity (Wildman–Crippen MR) is 96.7 cm³/mol. The van der Waals surface area contributed by atoms with Gasteiger partial charge >= 0.3 is 0 Å². The van der Waals surface area contributed by atoms with E-state index in [4.69, 9.17) is 9.47 Å². The van der Waals surface area contributed by atoms with E-state index in [2.05, 4.69) is 20.3 Å². The van der Waals surface area contributed by atoms with Crippen molar-refractivity contribution in [3.63, 3.8) is 0 Å². The molecule has 0 saturated carbocycles. The van der Waals surface area contributed by atoms with E-state index in [-0.39, 0.29) is 0 Å². The highest BCUT2D eigenvalue weighted by Gasteiger charge is 2.05. The van der Waals surface area contributed by atoms with Crippen LogP contribution >= 0.6 is 0 Å². The van der Waals surface area contributed by atoms with Crippen LogP contribution in [0.2, 0.25) is 0 Å². The molecule has 2 N–H and O–H groups in total. The summed E-state index contributed by atoms with van der Waals surface area (Å²) in [4.78, 5) is 11.5. The van der Waals surface area contributed by atoms with Gasteiger partial charge in [-0.2, -0.15) is 0 Å². The van der Waals surface area contributed by atoms with Crippen LogP contribution in [0.3, 0.4) is 0 Å². The zero-order valence-electron chi connectivity index (χ0n) is 13.6. The summed E-state index contributed by atoms with van der Waals surface area (Å²) in [6.07, 6.45) is 3.37. The molecule has 0 radical (unpaired) electrons. The summed E-state index contributed by atoms with van der Waals surface area (Å²) in [5.74, 6) is 2.99. The van der Waals surface area contributed by atoms with Gasteiger partial charge in [-0.15, -0.1) is 0 Å². The SMILES string of the molecule is COc1cccc(Oc2ccc(Nc3ncnc4[nH]ccc34)cc2)c1. The van der Waals surface area contributed by atoms with Crippen LogP contribution < -0.4 is 14.8 Å². The van der Waals surface area contributed by atoms with E-state index >= 15 is 0 Å². The smallest absolute Gasteiger partial charge is 0.143 e. The quantitative estimate of drug-likeness (QED) is 0.563. The number of methoxy groups -OCH3 is 1. The number of rotatable bonds is 5. The van der Waals surface area contributed by atoms with Crippen LogP contribution in [0.5, 0.6) is 17.2 Å². The van der Waals surface area contributed by atoms with E-state index in [1.165, 1.54) is 6.33 Å². The van der Waals surface area contributed by atoms with E-state index < -0.39 is 0 Å². The number of nitrogens with one attached hydrogen (secondary N) is 2. The molecule has 0 bridgehead atoms. The molecule has 6 heteroatoms. The minimum absolute atomic E-state index is 0.727. The van der Waals surface area contributed by atoms with Crippen LogP contribution in [-0.2, 0) is 0 Å². The van der Waals surface area contributed by atoms with Crippen molar-refractivity contribution in [2.75, 3.05) is 12.4 Å². The normalized spacial score (nSPS) is 10.6. The van der Waals surface area contributed by atoms with Gasteiger partial charge in [-0.1, -0.05) is 6.07 Å². The van der Waals surface area contributed by atoms with Gasteiger partial charge < -0.3 is 19.8 Å². The van der Waals surface area contributed by atoms with Crippen molar-refractivity contribution >= 4 is 22.5 Å². The first-order valence-corrected chi connectivity index (χ1v) is 7.79. The number of hydrogen-bond donors (Lipinski definition) is 2. The summed E-state index contributed by atoms with van der Waals surface area (Å²) < 4.78 is 11.0. The van der Waals surface area contributed by atoms with E-state index in [0.29, 0.717) is 0 Å². The molecule has 0 aliphatic carbocycles. The Morgan fingerprint density at radius 1 is 0.920 bits per heavy atom. The third-order valence-electron chi connectivity index (χ3n) is 3.75. The molecule has 0 aliphatic heterocycles. The molecule has 2 heterocycles. The van der Waals surface area contributed by atoms with E-state index in [9.17, 15) is 0 Å². The van der Waals surface area contributed by atoms with Gasteiger partial charge in [0, 0.05) is 18.0 Å². The van der Waals surface area contributed by atoms with Crippen molar-refractivity contribution in [3.05, 3.63) is 67.1 Å². The highest BCUT2D eigenvalue weighted by atomic mass is 16.5. The molecule has 0 saturated heterocycles. The second-order valence-corrected chi connectivity index (χ2v) is 5.39. The zero-order chi connectivity index (χ0) is 17.1. The lowest BCUT2D eigenvalue weighted by molar-refractivity contribution is 0.409. The fraction of sp³-hybridized carbons (Fsp3) is 0.0526. The number of benzene rings is 2. The Labute approximate surface area is 144 Å². The van der Waals surface area contributed by atoms with Crippen LogP contribution in [0.4, 0.5) is 11.5 Å². The van der Waals surface area contributed by atoms with Crippen molar-refractivity contribution < 1.29 is 9.47 Å². The van der Waals surface area contributed by atoms with Crippen LogP contribution in [0.1, 0.15) is 0 Å². The number of ether oxygens (including phenoxy) is 2. The Hall–Kier alpha value is -3.54. The number of fused-ring (bicyclic) bond motifs is 1. The van der Waals surface area contributed by atoms with E-state index in [1.807, 2.05) is 60.8 Å². The first-order valence-electron chi connectivity index (χ1n) is 7.79. The molecule has 4 rings (SSSR count). The lowest BCUT2D eigenvalue weighted by atomic mass is 10.3. The van der Waals surface area contributed by atoms with E-state index in [0.717, 1.165) is 39.8 Å². The Kier molecular flexibility index (Phi) is 3.92. The predicted octanol–water partition coefficient (Wildman–Crippen LogP) is 4.50. The van der Waals surface area contributed by atoms with Crippen molar-refractivity contribution in [1.29, 1.82) is 0 Å². The van der Waals surface area contributed by atoms with Gasteiger partial charge in [-0.05, 0) is 42.5 Å². The molecular weight excluding hydrogens is 316 g/mol. The molecule has 0 amide bonds. The van der Waals surface area contributed by atoms with Gasteiger partial charge in [0.15, 0.2) is 0 Å². The van der Waals surface area contributed by atoms with Crippen LogP contribution in [0.15, 0.2) is 67.1 Å². The summed E-state index contributed by atoms with van der Waals surface area (Å²) in [7, 11) is 1.63. The first kappa shape index (κ1) is 15.0. The number of nitrogens with zero attached hydrogens (tertiary/aromatic N) is 2. The van der Waals surface area contributed by atoms with Crippen molar-refractivity contribution in [2.45, 2.75) is 0 Å². The van der Waals surface area contributed by atoms with Crippen LogP contribution in [0.25, 0.3) is 11.0 Å². The number of hydrogen-bond acceptors (Lipinski definition) is 5. The van der Waals surface area contributed by atoms with Gasteiger partial charge in [0.1, 0.15) is 35.0 Å². The van der Waals surface area contributed by atoms with E-state index in [1.54, 1.807) is 7.11 Å². The summed E-state index contributed by atoms with van der Waals surface area (Å²) in [5.41, 5.74) is 1.72. The molecule has 0 aliphatic rings. The zero-order valence-corrected chi connectivity index (χ0v) is 13.6. The molecule has 0 fully saturated rings. The van der Waals surface area contributed by atoms with Gasteiger partial charge in [0.2, 0.25) is 0 Å². The summed E-state index contributed by atoms with van der Waals surface area (Å²) in [6, 6.07) is 17.1. The van der Waals surface area contributed by atoms with Gasteiger partial charge in [0.05, 0.1) is 12.5 Å². The molecule has 6 nitrogen and oxygen atoms in total. The summed E-state index contributed by atoms with van der Waals surface area (Å²) in [5, 5.41) is 4.24. The lowest BCUT2D eigenvalue weighted by Gasteiger charge is -2.09. The monoisotopic (exact) mass is 332 g/mol. The van der Waals surface area contributed by atoms with Crippen LogP contribution in [-0.4, -0.2) is 22.1 Å². The Morgan fingerprint density at radius 2 is 1.76 bits per heavy atom. The Morgan fingerprint density at radius 3 is 2.60 bits per heavy atom. The fourth-order valence-corrected chi connectivity index (χ4v) is 2.52. The van der Waals surface area contributed by atoms with Crippen LogP contribution in [0, 0.1) is 0 Å². The largest absolute Gasteiger partial charge is 0.497 e. The van der Waals surface area contributed by atoms with Crippen molar-refractivity contribution in [1.82, 2.24) is 15.0 Å². The average Bonchev–Trinajstić information content (AvgIpc) is 3.13. The number of H-pyrrole nitrogens is 1. The topological polar surface area (TPSA) is 72.1 Å². The number of anilines is 2. The molecule has 4 aromatic rings. The number of aromatic nitrogens is 3. The third-order valence-corrected chi connectivity index (χ3v) is 3.75. The molecule has 2 aromatic carbocycles. The van der Waals surface area contributed by atoms with Gasteiger partial charge in [-0.25, -0.2) is 9.97 Å². The highest BCUT2D eigenvalue weighted by Crippen LogP contribution is 2.27. The standard InChI is InChI=1S/C19H16N4O2/c1-24-15-3-2-4-16(11-15)25-14-7-5-13(6-8-14)23-19-17-9-10-20-18(17)21-12-22-19/h2-12H,1H3,(H2,20,21,22,23). The molecule has 2 aromatic heterocycles. The third kappa shape index (κ3) is 3.23. The average molecular weight is 332 g/mol. The molecule has 25 heavy (non-hydrogen) atoms. The molecule has 0 spiro atoms. The van der Waals surface area contributed by atoms with Gasteiger partial charge in [0.25, 0.3) is 0 Å². The minimum atomic E-state index is 0.727. The maximum atomic E-state index is 5.85. The summed E-state index contributed by atoms with van der Waals surface area (Å²) in [6.45, 7) is 0. The minimum Gasteiger partial charge on any atom is -0.497 e. The molecule has 0 unspecified atom stereocenters. The maximum absolute atomic E-state index is 5.85. The second kappa shape index (κ2) is 6.52. The number of aromatic amines is 1. The Balaban J connectivity index is 1.51. The highest BCUT2D eigenvalue weighted by molar-refractivity contribution is 5.88. The van der Waals surface area contributed by atoms with Gasteiger partial charge in [-0.3, -0.25) is 0 Å². The maximum Gasteiger partial charge on any atom is 0.143 e. The Bertz CT molecular complexity index is 996. The van der Waals surface area contributed by atoms with Crippen molar-refractivity contribution in [3.8, 4) is 17.2 Å². The molecule has 0 atom stereocenters. The molecule has 124 valence electrons. The second-order valence-electron chi connectivity index (χ2n) is 5.39. The lowest BCUT2D eigenvalue weighted by Crippen LogP contribution is -1.95. The van der Waals surface area contributed by atoms with Crippen molar-refractivity contribution in [2.24, 2.45) is 0 Å².